The maximum Gasteiger partial charge on any atom is 0.137 e. The molecule has 4 aliphatic rings. The highest BCUT2D eigenvalue weighted by Crippen LogP contribution is 2.66. The molecule has 4 saturated carbocycles. The highest BCUT2D eigenvalue weighted by atomic mass is 16.1. The summed E-state index contributed by atoms with van der Waals surface area (Å²) in [5, 5.41) is 0. The van der Waals surface area contributed by atoms with E-state index in [4.69, 9.17) is 0 Å². The van der Waals surface area contributed by atoms with E-state index in [2.05, 4.69) is 13.8 Å². The van der Waals surface area contributed by atoms with Crippen molar-refractivity contribution in [3.05, 3.63) is 0 Å². The molecule has 0 aromatic rings. The van der Waals surface area contributed by atoms with Gasteiger partial charge in [-0.05, 0) is 67.6 Å². The van der Waals surface area contributed by atoms with E-state index in [1.165, 1.54) is 0 Å². The fourth-order valence-electron chi connectivity index (χ4n) is 7.53. The molecule has 0 saturated heterocycles. The minimum absolute atomic E-state index is 0.0174. The average molecular weight is 330 g/mol. The van der Waals surface area contributed by atoms with Gasteiger partial charge in [0.25, 0.3) is 0 Å². The van der Waals surface area contributed by atoms with Crippen LogP contribution in [0.4, 0.5) is 0 Å². The molecule has 4 rings (SSSR count). The fraction of sp³-hybridized carbons (Fsp3) is 0.857. The van der Waals surface area contributed by atoms with Gasteiger partial charge in [-0.1, -0.05) is 13.8 Å². The molecular formula is C21H30O3. The van der Waals surface area contributed by atoms with E-state index in [9.17, 15) is 14.4 Å². The van der Waals surface area contributed by atoms with Gasteiger partial charge in [0.1, 0.15) is 17.3 Å². The molecule has 0 aliphatic heterocycles. The van der Waals surface area contributed by atoms with Crippen LogP contribution in [0.15, 0.2) is 0 Å². The van der Waals surface area contributed by atoms with Gasteiger partial charge in [-0.2, -0.15) is 0 Å². The van der Waals surface area contributed by atoms with Crippen LogP contribution in [-0.4, -0.2) is 17.3 Å². The number of carbonyl (C=O) groups is 3. The SMILES string of the molecule is CC(=O)[C@H]1CC[C@H]2[C@@H]3CCC4CC(=O)CC[C@]4(C)[C@H]3C(=O)C[C@]12C. The van der Waals surface area contributed by atoms with Crippen LogP contribution in [-0.2, 0) is 14.4 Å². The summed E-state index contributed by atoms with van der Waals surface area (Å²) in [6.07, 6.45) is 7.05. The second-order valence-corrected chi connectivity index (χ2v) is 9.66. The summed E-state index contributed by atoms with van der Waals surface area (Å²) in [6.45, 7) is 6.21. The van der Waals surface area contributed by atoms with Crippen molar-refractivity contribution in [1.29, 1.82) is 0 Å². The molecule has 1 unspecified atom stereocenters. The van der Waals surface area contributed by atoms with E-state index in [-0.39, 0.29) is 28.4 Å². The monoisotopic (exact) mass is 330 g/mol. The normalized spacial score (nSPS) is 50.9. The highest BCUT2D eigenvalue weighted by molar-refractivity contribution is 5.87. The summed E-state index contributed by atoms with van der Waals surface area (Å²) in [6, 6.07) is 0. The molecule has 3 heteroatoms. The lowest BCUT2D eigenvalue weighted by Gasteiger charge is -2.59. The van der Waals surface area contributed by atoms with Crippen molar-refractivity contribution in [3.63, 3.8) is 0 Å². The van der Waals surface area contributed by atoms with Crippen molar-refractivity contribution < 1.29 is 14.4 Å². The van der Waals surface area contributed by atoms with Crippen LogP contribution >= 0.6 is 0 Å². The standard InChI is InChI=1S/C21H30O3/c1-12(22)16-6-7-17-15-5-4-13-10-14(23)8-9-20(13,2)19(15)18(24)11-21(16,17)3/h13,15-17,19H,4-11H2,1-3H3/t13?,15-,16+,17-,19+,20-,21+/m0/s1. The van der Waals surface area contributed by atoms with Gasteiger partial charge in [-0.25, -0.2) is 0 Å². The third-order valence-corrected chi connectivity index (χ3v) is 8.66. The molecule has 132 valence electrons. The predicted octanol–water partition coefficient (Wildman–Crippen LogP) is 3.98. The molecule has 0 heterocycles. The molecule has 0 bridgehead atoms. The molecule has 7 atom stereocenters. The number of ketones is 3. The minimum Gasteiger partial charge on any atom is -0.300 e. The topological polar surface area (TPSA) is 51.2 Å². The van der Waals surface area contributed by atoms with E-state index in [0.717, 1.165) is 32.1 Å². The summed E-state index contributed by atoms with van der Waals surface area (Å²) >= 11 is 0. The van der Waals surface area contributed by atoms with Crippen LogP contribution in [0, 0.1) is 40.4 Å². The van der Waals surface area contributed by atoms with Gasteiger partial charge in [0.05, 0.1) is 0 Å². The third-order valence-electron chi connectivity index (χ3n) is 8.66. The lowest BCUT2D eigenvalue weighted by Crippen LogP contribution is -2.57. The zero-order chi connectivity index (χ0) is 17.3. The smallest absolute Gasteiger partial charge is 0.137 e. The van der Waals surface area contributed by atoms with Gasteiger partial charge < -0.3 is 0 Å². The number of carbonyl (C=O) groups excluding carboxylic acids is 3. The Morgan fingerprint density at radius 3 is 2.50 bits per heavy atom. The predicted molar refractivity (Wildman–Crippen MR) is 91.3 cm³/mol. The maximum atomic E-state index is 13.3. The number of hydrogen-bond acceptors (Lipinski definition) is 3. The maximum absolute atomic E-state index is 13.3. The first-order chi connectivity index (χ1) is 11.3. The van der Waals surface area contributed by atoms with Gasteiger partial charge in [0.15, 0.2) is 0 Å². The summed E-state index contributed by atoms with van der Waals surface area (Å²) in [4.78, 5) is 37.4. The van der Waals surface area contributed by atoms with E-state index in [1.807, 2.05) is 0 Å². The zero-order valence-corrected chi connectivity index (χ0v) is 15.3. The fourth-order valence-corrected chi connectivity index (χ4v) is 7.53. The molecule has 0 spiro atoms. The molecule has 0 N–H and O–H groups in total. The second kappa shape index (κ2) is 5.25. The largest absolute Gasteiger partial charge is 0.300 e. The van der Waals surface area contributed by atoms with Crippen molar-refractivity contribution in [2.75, 3.05) is 0 Å². The van der Waals surface area contributed by atoms with Crippen molar-refractivity contribution in [1.82, 2.24) is 0 Å². The minimum atomic E-state index is -0.113. The second-order valence-electron chi connectivity index (χ2n) is 9.66. The van der Waals surface area contributed by atoms with Crippen molar-refractivity contribution in [3.8, 4) is 0 Å². The van der Waals surface area contributed by atoms with Gasteiger partial charge >= 0.3 is 0 Å². The third kappa shape index (κ3) is 2.05. The molecule has 4 fully saturated rings. The Bertz CT molecular complexity index is 608. The first-order valence-electron chi connectivity index (χ1n) is 9.82. The Labute approximate surface area is 144 Å². The van der Waals surface area contributed by atoms with Crippen molar-refractivity contribution >= 4 is 17.3 Å². The summed E-state index contributed by atoms with van der Waals surface area (Å²) in [7, 11) is 0. The first-order valence-corrected chi connectivity index (χ1v) is 9.82. The Balaban J connectivity index is 1.69. The van der Waals surface area contributed by atoms with Crippen LogP contribution < -0.4 is 0 Å². The number of fused-ring (bicyclic) bond motifs is 5. The number of Topliss-reactive ketones (excluding diaryl/α,β-unsaturated/α-hetero) is 3. The lowest BCUT2D eigenvalue weighted by atomic mass is 9.44. The van der Waals surface area contributed by atoms with Crippen molar-refractivity contribution in [2.24, 2.45) is 40.4 Å². The van der Waals surface area contributed by atoms with E-state index >= 15 is 0 Å². The Hall–Kier alpha value is -0.990. The zero-order valence-electron chi connectivity index (χ0n) is 15.3. The summed E-state index contributed by atoms with van der Waals surface area (Å²) in [5.41, 5.74) is -0.0959. The van der Waals surface area contributed by atoms with Crippen LogP contribution in [0.1, 0.15) is 72.1 Å². The molecule has 3 nitrogen and oxygen atoms in total. The first kappa shape index (κ1) is 16.5. The van der Waals surface area contributed by atoms with Crippen molar-refractivity contribution in [2.45, 2.75) is 72.1 Å². The number of rotatable bonds is 1. The van der Waals surface area contributed by atoms with E-state index < -0.39 is 0 Å². The van der Waals surface area contributed by atoms with E-state index in [1.54, 1.807) is 6.92 Å². The van der Waals surface area contributed by atoms with Gasteiger partial charge in [0, 0.05) is 31.1 Å². The number of hydrogen-bond donors (Lipinski definition) is 0. The van der Waals surface area contributed by atoms with Crippen LogP contribution in [0.25, 0.3) is 0 Å². The van der Waals surface area contributed by atoms with Gasteiger partial charge in [-0.3, -0.25) is 14.4 Å². The average Bonchev–Trinajstić information content (AvgIpc) is 2.84. The molecule has 0 aromatic carbocycles. The Kier molecular flexibility index (Phi) is 3.61. The summed E-state index contributed by atoms with van der Waals surface area (Å²) < 4.78 is 0. The molecule has 0 amide bonds. The Morgan fingerprint density at radius 2 is 1.79 bits per heavy atom. The molecular weight excluding hydrogens is 300 g/mol. The van der Waals surface area contributed by atoms with Crippen LogP contribution in [0.2, 0.25) is 0 Å². The van der Waals surface area contributed by atoms with Gasteiger partial charge in [-0.15, -0.1) is 0 Å². The summed E-state index contributed by atoms with van der Waals surface area (Å²) in [5.74, 6) is 2.63. The molecule has 4 aliphatic carbocycles. The lowest BCUT2D eigenvalue weighted by molar-refractivity contribution is -0.161. The van der Waals surface area contributed by atoms with E-state index in [0.29, 0.717) is 48.6 Å². The van der Waals surface area contributed by atoms with Crippen LogP contribution in [0.3, 0.4) is 0 Å². The van der Waals surface area contributed by atoms with Crippen LogP contribution in [0.5, 0.6) is 0 Å². The molecule has 24 heavy (non-hydrogen) atoms. The highest BCUT2D eigenvalue weighted by Gasteiger charge is 2.63. The quantitative estimate of drug-likeness (QED) is 0.730. The molecule has 0 aromatic heterocycles. The Morgan fingerprint density at radius 1 is 1.04 bits per heavy atom. The van der Waals surface area contributed by atoms with Gasteiger partial charge in [0.2, 0.25) is 0 Å². The molecule has 0 radical (unpaired) electrons.